The first-order chi connectivity index (χ1) is 20.8. The quantitative estimate of drug-likeness (QED) is 0.185. The van der Waals surface area contributed by atoms with Crippen LogP contribution in [0.3, 0.4) is 0 Å². The fourth-order valence-electron chi connectivity index (χ4n) is 4.56. The van der Waals surface area contributed by atoms with Crippen molar-refractivity contribution >= 4 is 21.9 Å². The smallest absolute Gasteiger partial charge is 0.416 e. The first-order valence-electron chi connectivity index (χ1n) is 13.7. The number of benzene rings is 3. The molecule has 0 fully saturated rings. The average molecular weight is 632 g/mol. The number of anilines is 1. The number of halogens is 3. The highest BCUT2D eigenvalue weighted by Crippen LogP contribution is 2.31. The van der Waals surface area contributed by atoms with E-state index in [1.54, 1.807) is 56.3 Å². The minimum Gasteiger partial charge on any atom is -0.493 e. The third-order valence-corrected chi connectivity index (χ3v) is 8.65. The fraction of sp³-hybridized carbons (Fsp3) is 0.290. The van der Waals surface area contributed by atoms with Crippen molar-refractivity contribution in [1.29, 1.82) is 0 Å². The van der Waals surface area contributed by atoms with E-state index in [4.69, 9.17) is 9.15 Å². The van der Waals surface area contributed by atoms with Crippen molar-refractivity contribution in [3.05, 3.63) is 101 Å². The SMILES string of the molecule is CCN(c1cccc(C)c1)S(=O)(=O)N(CC(=O)O)Cc1cccc(OCCc2nc(-c3ccc(C(F)(F)F)cc3)oc2C)c1. The van der Waals surface area contributed by atoms with E-state index in [-0.39, 0.29) is 25.6 Å². The van der Waals surface area contributed by atoms with Gasteiger partial charge in [-0.05, 0) is 80.4 Å². The normalized spacial score (nSPS) is 12.0. The number of hydrogen-bond acceptors (Lipinski definition) is 6. The van der Waals surface area contributed by atoms with Crippen LogP contribution in [0.1, 0.15) is 35.1 Å². The van der Waals surface area contributed by atoms with Gasteiger partial charge in [-0.25, -0.2) is 4.98 Å². The zero-order valence-corrected chi connectivity index (χ0v) is 25.2. The Kier molecular flexibility index (Phi) is 10.00. The Morgan fingerprint density at radius 1 is 1.02 bits per heavy atom. The number of alkyl halides is 3. The molecule has 13 heteroatoms. The number of aliphatic carboxylic acids is 1. The second-order valence-electron chi connectivity index (χ2n) is 10.0. The fourth-order valence-corrected chi connectivity index (χ4v) is 6.13. The number of rotatable bonds is 13. The summed E-state index contributed by atoms with van der Waals surface area (Å²) in [7, 11) is -4.21. The van der Waals surface area contributed by atoms with E-state index < -0.39 is 34.5 Å². The lowest BCUT2D eigenvalue weighted by Crippen LogP contribution is -2.45. The van der Waals surface area contributed by atoms with Gasteiger partial charge < -0.3 is 14.3 Å². The van der Waals surface area contributed by atoms with Crippen molar-refractivity contribution < 1.29 is 40.6 Å². The highest BCUT2D eigenvalue weighted by Gasteiger charge is 2.32. The van der Waals surface area contributed by atoms with Gasteiger partial charge in [-0.1, -0.05) is 24.3 Å². The van der Waals surface area contributed by atoms with Crippen molar-refractivity contribution in [2.24, 2.45) is 0 Å². The minimum atomic E-state index is -4.44. The highest BCUT2D eigenvalue weighted by molar-refractivity contribution is 7.90. The summed E-state index contributed by atoms with van der Waals surface area (Å²) >= 11 is 0. The van der Waals surface area contributed by atoms with E-state index in [1.165, 1.54) is 16.4 Å². The Morgan fingerprint density at radius 2 is 1.73 bits per heavy atom. The summed E-state index contributed by atoms with van der Waals surface area (Å²) in [4.78, 5) is 16.1. The number of aryl methyl sites for hydroxylation is 2. The summed E-state index contributed by atoms with van der Waals surface area (Å²) < 4.78 is 79.5. The molecule has 0 radical (unpaired) electrons. The second kappa shape index (κ2) is 13.5. The molecule has 0 amide bonds. The van der Waals surface area contributed by atoms with E-state index in [0.717, 1.165) is 22.0 Å². The maximum Gasteiger partial charge on any atom is 0.416 e. The van der Waals surface area contributed by atoms with E-state index in [1.807, 2.05) is 13.0 Å². The molecule has 0 saturated heterocycles. The molecule has 0 spiro atoms. The van der Waals surface area contributed by atoms with Crippen LogP contribution in [-0.2, 0) is 34.1 Å². The number of carbonyl (C=O) groups is 1. The van der Waals surface area contributed by atoms with Crippen LogP contribution >= 0.6 is 0 Å². The minimum absolute atomic E-state index is 0.104. The van der Waals surface area contributed by atoms with Crippen molar-refractivity contribution in [1.82, 2.24) is 9.29 Å². The molecule has 0 aliphatic heterocycles. The number of oxazole rings is 1. The van der Waals surface area contributed by atoms with E-state index >= 15 is 0 Å². The second-order valence-corrected chi connectivity index (χ2v) is 11.9. The van der Waals surface area contributed by atoms with Crippen molar-refractivity contribution in [3.63, 3.8) is 0 Å². The molecule has 44 heavy (non-hydrogen) atoms. The van der Waals surface area contributed by atoms with E-state index in [0.29, 0.717) is 40.4 Å². The van der Waals surface area contributed by atoms with Crippen LogP contribution in [0.25, 0.3) is 11.5 Å². The Bertz CT molecular complexity index is 1710. The molecular formula is C31H32F3N3O6S. The van der Waals surface area contributed by atoms with Gasteiger partial charge >= 0.3 is 22.4 Å². The van der Waals surface area contributed by atoms with Gasteiger partial charge in [0.2, 0.25) is 5.89 Å². The summed E-state index contributed by atoms with van der Waals surface area (Å²) in [5.41, 5.74) is 2.04. The standard InChI is InChI=1S/C31H32F3N3O6S/c1-4-37(26-9-5-7-21(2)17-26)44(40,41)36(20-29(38)39)19-23-8-6-10-27(18-23)42-16-15-28-22(3)43-30(35-28)24-11-13-25(14-12-24)31(32,33)34/h5-14,17-18H,4,15-16,19-20H2,1-3H3,(H,38,39). The van der Waals surface area contributed by atoms with E-state index in [2.05, 4.69) is 4.98 Å². The lowest BCUT2D eigenvalue weighted by molar-refractivity contribution is -0.138. The summed E-state index contributed by atoms with van der Waals surface area (Å²) in [5, 5.41) is 9.51. The highest BCUT2D eigenvalue weighted by atomic mass is 32.2. The molecule has 0 aliphatic rings. The summed E-state index contributed by atoms with van der Waals surface area (Å²) in [5.74, 6) is -0.161. The molecule has 4 aromatic rings. The molecule has 234 valence electrons. The molecule has 0 bridgehead atoms. The maximum absolute atomic E-state index is 13.6. The first kappa shape index (κ1) is 32.6. The van der Waals surface area contributed by atoms with Gasteiger partial charge in [0, 0.05) is 25.1 Å². The number of carboxylic acids is 1. The molecule has 0 saturated carbocycles. The molecule has 3 aromatic carbocycles. The Hall–Kier alpha value is -4.36. The zero-order valence-electron chi connectivity index (χ0n) is 24.3. The van der Waals surface area contributed by atoms with E-state index in [9.17, 15) is 31.5 Å². The summed E-state index contributed by atoms with van der Waals surface area (Å²) in [6.07, 6.45) is -4.10. The third-order valence-electron chi connectivity index (χ3n) is 6.71. The van der Waals surface area contributed by atoms with Crippen LogP contribution in [0.15, 0.2) is 77.2 Å². The molecule has 0 atom stereocenters. The molecular weight excluding hydrogens is 599 g/mol. The van der Waals surface area contributed by atoms with Gasteiger partial charge in [-0.3, -0.25) is 9.10 Å². The summed E-state index contributed by atoms with van der Waals surface area (Å²) in [6, 6.07) is 18.2. The van der Waals surface area contributed by atoms with Gasteiger partial charge in [0.05, 0.1) is 23.6 Å². The number of aromatic nitrogens is 1. The predicted octanol–water partition coefficient (Wildman–Crippen LogP) is 6.26. The van der Waals surface area contributed by atoms with Gasteiger partial charge in [0.25, 0.3) is 0 Å². The van der Waals surface area contributed by atoms with Crippen molar-refractivity contribution in [2.45, 2.75) is 39.9 Å². The van der Waals surface area contributed by atoms with Gasteiger partial charge in [0.15, 0.2) is 0 Å². The summed E-state index contributed by atoms with van der Waals surface area (Å²) in [6.45, 7) is 4.56. The topological polar surface area (TPSA) is 113 Å². The van der Waals surface area contributed by atoms with Crippen molar-refractivity contribution in [2.75, 3.05) is 24.0 Å². The van der Waals surface area contributed by atoms with Crippen LogP contribution in [0.4, 0.5) is 18.9 Å². The average Bonchev–Trinajstić information content (AvgIpc) is 3.33. The van der Waals surface area contributed by atoms with Gasteiger partial charge in [-0.15, -0.1) is 0 Å². The van der Waals surface area contributed by atoms with Crippen LogP contribution in [0, 0.1) is 13.8 Å². The molecule has 0 aliphatic carbocycles. The van der Waals surface area contributed by atoms with Gasteiger partial charge in [0.1, 0.15) is 18.1 Å². The number of ether oxygens (including phenoxy) is 1. The molecule has 1 N–H and O–H groups in total. The maximum atomic E-state index is 13.6. The van der Waals surface area contributed by atoms with Crippen LogP contribution in [0.2, 0.25) is 0 Å². The zero-order chi connectivity index (χ0) is 32.1. The Balaban J connectivity index is 1.44. The molecule has 4 rings (SSSR count). The molecule has 1 heterocycles. The predicted molar refractivity (Wildman–Crippen MR) is 158 cm³/mol. The Morgan fingerprint density at radius 3 is 2.36 bits per heavy atom. The van der Waals surface area contributed by atoms with Crippen LogP contribution < -0.4 is 9.04 Å². The monoisotopic (exact) mass is 631 g/mol. The lowest BCUT2D eigenvalue weighted by Gasteiger charge is -2.30. The largest absolute Gasteiger partial charge is 0.493 e. The van der Waals surface area contributed by atoms with Crippen LogP contribution in [0.5, 0.6) is 5.75 Å². The lowest BCUT2D eigenvalue weighted by atomic mass is 10.1. The third kappa shape index (κ3) is 7.97. The van der Waals surface area contributed by atoms with Gasteiger partial charge in [-0.2, -0.15) is 25.9 Å². The first-order valence-corrected chi connectivity index (χ1v) is 15.1. The van der Waals surface area contributed by atoms with Crippen molar-refractivity contribution in [3.8, 4) is 17.2 Å². The van der Waals surface area contributed by atoms with Crippen LogP contribution in [-0.4, -0.2) is 48.5 Å². The number of hydrogen-bond donors (Lipinski definition) is 1. The molecule has 9 nitrogen and oxygen atoms in total. The number of carboxylic acid groups (broad SMARTS) is 1. The molecule has 1 aromatic heterocycles. The number of nitrogens with zero attached hydrogens (tertiary/aromatic N) is 3. The Labute approximate surface area is 253 Å². The molecule has 0 unspecified atom stereocenters.